The summed E-state index contributed by atoms with van der Waals surface area (Å²) in [6.45, 7) is 7.55. The molecule has 3 aliphatic carbocycles. The second-order valence-corrected chi connectivity index (χ2v) is 28.1. The number of halogens is 4. The number of nitrogens with two attached hydrogens (primary N) is 2. The molecule has 2 saturated carbocycles. The summed E-state index contributed by atoms with van der Waals surface area (Å²) >= 11 is 5.98. The predicted octanol–water partition coefficient (Wildman–Crippen LogP) is 5.50. The maximum Gasteiger partial charge on any atom is 0.490 e. The SMILES string of the molecule is CC(=O)O[C@H]1C(=O)[C@]2(C)[C@@H](OC(=O)CCC(=O)N[C@@H](Cc3ccccc3)C(=O)N[C@@H](Cc3ccccc3)C(=O)N[C@@H](CCCN=C(N)N)C(=O)CCl)C[C@H]3OC[C@@]3(OC(C)=O)[C@H]2[C@H](OC(=O)c2ccccc2)[C@]2(O)C[C@H](OC(=O)[C@H](O)[C@@H](NC(=O)c3ccccc3)c3ccccc3)C(C)=C1C2(C)C.O=C(O)C(F)(F)F. The van der Waals surface area contributed by atoms with E-state index in [0.29, 0.717) is 16.7 Å². The molecule has 4 aliphatic rings. The van der Waals surface area contributed by atoms with E-state index in [1.54, 1.807) is 127 Å². The molecule has 1 heterocycles. The number of Topliss-reactive ketones (excluding diaryl/α,β-unsaturated/α-hetero) is 2. The molecular formula is C78H87ClF3N7O21. The Morgan fingerprint density at radius 2 is 1.21 bits per heavy atom. The maximum absolute atomic E-state index is 16.7. The third-order valence-electron chi connectivity index (χ3n) is 20.2. The van der Waals surface area contributed by atoms with E-state index in [1.165, 1.54) is 52.0 Å². The minimum Gasteiger partial charge on any atom is -0.475 e. The zero-order valence-corrected chi connectivity index (χ0v) is 61.6. The maximum atomic E-state index is 16.7. The molecule has 1 saturated heterocycles. The summed E-state index contributed by atoms with van der Waals surface area (Å²) < 4.78 is 69.5. The number of aliphatic carboxylic acids is 1. The lowest BCUT2D eigenvalue weighted by Crippen LogP contribution is -2.82. The van der Waals surface area contributed by atoms with Gasteiger partial charge >= 0.3 is 42.0 Å². The van der Waals surface area contributed by atoms with Crippen LogP contribution in [0.25, 0.3) is 0 Å². The number of benzene rings is 5. The van der Waals surface area contributed by atoms with Crippen molar-refractivity contribution in [1.29, 1.82) is 0 Å². The van der Waals surface area contributed by atoms with E-state index in [1.807, 2.05) is 0 Å². The van der Waals surface area contributed by atoms with Gasteiger partial charge in [-0.25, -0.2) is 14.4 Å². The van der Waals surface area contributed by atoms with Gasteiger partial charge in [-0.15, -0.1) is 11.6 Å². The van der Waals surface area contributed by atoms with Crippen molar-refractivity contribution < 1.29 is 114 Å². The van der Waals surface area contributed by atoms with Crippen LogP contribution in [0, 0.1) is 16.7 Å². The number of ketones is 2. The molecule has 0 unspecified atom stereocenters. The largest absolute Gasteiger partial charge is 0.490 e. The van der Waals surface area contributed by atoms with Gasteiger partial charge in [0.1, 0.15) is 42.1 Å². The monoisotopic (exact) mass is 1550 g/mol. The standard InChI is InChI=1S/C76H86ClN7O19.C2HF3O2/c1-43-55(100-71(96)62(90)61(48-27-16-9-17-28-48)84-67(92)49-29-18-10-19-30-49)40-76(97)66(102-70(95)50-31-20-11-21-32-50)64-74(6,65(91)63(99-44(2)85)60(43)73(76,4)5)56(39-57-75(64,42-98-57)103-45(3)86)101-59(89)35-34-58(88)81-52(37-46-23-12-7-13-24-46)68(93)83-53(38-47-25-14-8-15-26-47)69(94)82-51(54(87)41-77)33-22-36-80-72(78)79;3-2(4,5)1(6)7/h7-21,23-32,51-53,55-57,61-64,66,90,97H,22,33-42H2,1-6H3,(H,81,88)(H,82,94)(H,83,93)(H,84,92)(H4,78,79,80);(H,6,7)/t51-,52-,53-,55-,56-,57+,61-,62+,63+,64-,66-,74+,75-,76+;/m0./s1. The van der Waals surface area contributed by atoms with Crippen molar-refractivity contribution in [2.45, 2.75) is 171 Å². The number of amides is 4. The predicted molar refractivity (Wildman–Crippen MR) is 386 cm³/mol. The summed E-state index contributed by atoms with van der Waals surface area (Å²) in [5.74, 6) is -15.2. The van der Waals surface area contributed by atoms with E-state index >= 15 is 4.79 Å². The van der Waals surface area contributed by atoms with Gasteiger partial charge in [-0.2, -0.15) is 13.2 Å². The fourth-order valence-corrected chi connectivity index (χ4v) is 14.8. The van der Waals surface area contributed by atoms with Crippen molar-refractivity contribution in [1.82, 2.24) is 21.3 Å². The Morgan fingerprint density at radius 1 is 0.691 bits per heavy atom. The van der Waals surface area contributed by atoms with Crippen molar-refractivity contribution in [3.63, 3.8) is 0 Å². The number of carboxylic acids is 1. The minimum atomic E-state index is -5.08. The molecule has 0 aromatic heterocycles. The molecule has 4 amide bonds. The van der Waals surface area contributed by atoms with Crippen LogP contribution in [0.5, 0.6) is 0 Å². The number of nitrogens with zero attached hydrogens (tertiary/aromatic N) is 1. The van der Waals surface area contributed by atoms with Crippen LogP contribution in [-0.4, -0.2) is 183 Å². The number of esters is 5. The number of rotatable bonds is 29. The summed E-state index contributed by atoms with van der Waals surface area (Å²) in [6, 6.07) is 35.7. The highest BCUT2D eigenvalue weighted by molar-refractivity contribution is 6.28. The van der Waals surface area contributed by atoms with Crippen LogP contribution in [0.1, 0.15) is 124 Å². The number of fused-ring (bicyclic) bond motifs is 5. The number of aliphatic hydroxyl groups is 2. The number of hydrogen-bond acceptors (Lipinski definition) is 21. The topological polar surface area (TPSA) is 433 Å². The lowest BCUT2D eigenvalue weighted by molar-refractivity contribution is -0.346. The average Bonchev–Trinajstić information content (AvgIpc) is 0.667. The van der Waals surface area contributed by atoms with E-state index in [-0.39, 0.29) is 60.5 Å². The number of aliphatic imine (C=N–C) groups is 1. The smallest absolute Gasteiger partial charge is 0.475 e. The quantitative estimate of drug-likeness (QED) is 0.00542. The van der Waals surface area contributed by atoms with Crippen LogP contribution in [0.4, 0.5) is 13.2 Å². The van der Waals surface area contributed by atoms with E-state index < -0.39 is 204 Å². The van der Waals surface area contributed by atoms with Gasteiger partial charge in [0.25, 0.3) is 5.91 Å². The van der Waals surface area contributed by atoms with Crippen molar-refractivity contribution in [3.05, 3.63) is 191 Å². The Hall–Kier alpha value is -10.9. The van der Waals surface area contributed by atoms with E-state index in [4.69, 9.17) is 61.4 Å². The Morgan fingerprint density at radius 3 is 1.71 bits per heavy atom. The molecule has 5 aromatic carbocycles. The summed E-state index contributed by atoms with van der Waals surface area (Å²) in [5, 5.41) is 44.5. The number of ether oxygens (including phenoxy) is 6. The molecule has 11 N–H and O–H groups in total. The van der Waals surface area contributed by atoms with Gasteiger partial charge in [0, 0.05) is 63.5 Å². The molecule has 0 spiro atoms. The molecule has 32 heteroatoms. The van der Waals surface area contributed by atoms with Crippen LogP contribution in [-0.2, 0) is 89.2 Å². The van der Waals surface area contributed by atoms with Gasteiger partial charge in [0.15, 0.2) is 35.3 Å². The molecule has 0 radical (unpaired) electrons. The highest BCUT2D eigenvalue weighted by atomic mass is 35.5. The van der Waals surface area contributed by atoms with Crippen molar-refractivity contribution in [3.8, 4) is 0 Å². The molecule has 1 aliphatic heterocycles. The zero-order chi connectivity index (χ0) is 80.6. The second kappa shape index (κ2) is 36.5. The summed E-state index contributed by atoms with van der Waals surface area (Å²) in [5.41, 5.74) is 3.63. The number of hydrogen-bond donors (Lipinski definition) is 9. The third-order valence-corrected chi connectivity index (χ3v) is 20.4. The first-order valence-electron chi connectivity index (χ1n) is 35.1. The Bertz CT molecular complexity index is 4250. The Balaban J connectivity index is 0.00000207. The summed E-state index contributed by atoms with van der Waals surface area (Å²) in [6.07, 6.45) is -18.4. The molecule has 9 rings (SSSR count). The molecule has 588 valence electrons. The Kier molecular flexibility index (Phi) is 28.2. The van der Waals surface area contributed by atoms with Gasteiger partial charge in [0.05, 0.1) is 47.9 Å². The first-order valence-corrected chi connectivity index (χ1v) is 35.6. The number of carbonyl (C=O) groups is 12. The van der Waals surface area contributed by atoms with E-state index in [9.17, 15) is 71.3 Å². The Labute approximate surface area is 635 Å². The first-order chi connectivity index (χ1) is 52.0. The molecule has 3 fully saturated rings. The second-order valence-electron chi connectivity index (χ2n) is 27.8. The molecule has 28 nitrogen and oxygen atoms in total. The summed E-state index contributed by atoms with van der Waals surface area (Å²) in [4.78, 5) is 172. The number of guanidine groups is 1. The van der Waals surface area contributed by atoms with Crippen LogP contribution in [0.3, 0.4) is 0 Å². The van der Waals surface area contributed by atoms with E-state index in [2.05, 4.69) is 26.3 Å². The highest BCUT2D eigenvalue weighted by Gasteiger charge is 2.79. The van der Waals surface area contributed by atoms with Gasteiger partial charge in [0.2, 0.25) is 17.7 Å². The van der Waals surface area contributed by atoms with Crippen LogP contribution < -0.4 is 32.7 Å². The molecule has 2 bridgehead atoms. The first kappa shape index (κ1) is 84.7. The zero-order valence-electron chi connectivity index (χ0n) is 60.9. The van der Waals surface area contributed by atoms with Gasteiger partial charge in [-0.1, -0.05) is 141 Å². The van der Waals surface area contributed by atoms with Crippen molar-refractivity contribution >= 4 is 88.6 Å². The van der Waals surface area contributed by atoms with Gasteiger partial charge < -0.3 is 76.5 Å². The molecule has 5 aromatic rings. The number of carbonyl (C=O) groups excluding carboxylic acids is 11. The number of alkyl halides is 4. The van der Waals surface area contributed by atoms with Crippen molar-refractivity contribution in [2.24, 2.45) is 33.2 Å². The minimum absolute atomic E-state index is 0.0402. The van der Waals surface area contributed by atoms with Crippen molar-refractivity contribution in [2.75, 3.05) is 19.0 Å². The van der Waals surface area contributed by atoms with Crippen LogP contribution in [0.2, 0.25) is 0 Å². The molecular weight excluding hydrogens is 1460 g/mol. The lowest BCUT2D eigenvalue weighted by Gasteiger charge is -2.67. The molecule has 14 atom stereocenters. The third kappa shape index (κ3) is 19.9. The fraction of sp³-hybridized carbons (Fsp3) is 0.423. The number of nitrogens with one attached hydrogen (secondary N) is 4. The highest BCUT2D eigenvalue weighted by Crippen LogP contribution is 2.65. The lowest BCUT2D eigenvalue weighted by atomic mass is 9.44. The fourth-order valence-electron chi connectivity index (χ4n) is 14.6. The number of carboxylic acid groups (broad SMARTS) is 1. The van der Waals surface area contributed by atoms with Gasteiger partial charge in [-0.05, 0) is 78.8 Å². The van der Waals surface area contributed by atoms with Gasteiger partial charge in [-0.3, -0.25) is 48.1 Å². The van der Waals surface area contributed by atoms with Crippen LogP contribution in [0.15, 0.2) is 168 Å². The summed E-state index contributed by atoms with van der Waals surface area (Å²) in [7, 11) is 0. The number of aliphatic hydroxyl groups excluding tert-OH is 1. The van der Waals surface area contributed by atoms with E-state index in [0.717, 1.165) is 13.8 Å². The molecule has 110 heavy (non-hydrogen) atoms. The normalized spacial score (nSPS) is 23.5. The average molecular weight is 1550 g/mol. The van der Waals surface area contributed by atoms with Crippen LogP contribution >= 0.6 is 11.6 Å².